The number of hydrogen-bond donors (Lipinski definition) is 3. The zero-order valence-electron chi connectivity index (χ0n) is 8.16. The molecule has 0 saturated heterocycles. The molecule has 1 atom stereocenters. The van der Waals surface area contributed by atoms with Crippen molar-refractivity contribution >= 4 is 12.1 Å². The van der Waals surface area contributed by atoms with Crippen LogP contribution >= 0.6 is 0 Å². The first-order valence-electron chi connectivity index (χ1n) is 4.39. The fraction of sp³-hybridized carbons (Fsp3) is 0.750. The number of nitrogens with one attached hydrogen (secondary N) is 1. The van der Waals surface area contributed by atoms with Crippen molar-refractivity contribution in [2.45, 2.75) is 25.3 Å². The lowest BCUT2D eigenvalue weighted by Crippen LogP contribution is -2.40. The van der Waals surface area contributed by atoms with Crippen molar-refractivity contribution in [3.8, 4) is 0 Å². The molecule has 1 amide bonds. The van der Waals surface area contributed by atoms with Crippen LogP contribution in [-0.4, -0.2) is 36.9 Å². The minimum atomic E-state index is -1.23. The lowest BCUT2D eigenvalue weighted by atomic mass is 10.1. The molecule has 0 radical (unpaired) electrons. The summed E-state index contributed by atoms with van der Waals surface area (Å²) in [6.07, 6.45) is 0.634. The largest absolute Gasteiger partial charge is 0.467 e. The molecule has 0 aromatic carbocycles. The second-order valence-electron chi connectivity index (χ2n) is 2.81. The van der Waals surface area contributed by atoms with Crippen LogP contribution in [0.1, 0.15) is 19.3 Å². The second kappa shape index (κ2) is 7.14. The second-order valence-corrected chi connectivity index (χ2v) is 2.81. The molecule has 0 aromatic rings. The molecule has 0 bridgehead atoms. The van der Waals surface area contributed by atoms with E-state index in [2.05, 4.69) is 10.1 Å². The molecule has 0 aliphatic heterocycles. The highest BCUT2D eigenvalue weighted by Crippen LogP contribution is 2.02. The van der Waals surface area contributed by atoms with Gasteiger partial charge in [-0.1, -0.05) is 0 Å². The fourth-order valence-corrected chi connectivity index (χ4v) is 1.03. The molecule has 6 nitrogen and oxygen atoms in total. The molecular weight excluding hydrogens is 188 g/mol. The predicted octanol–water partition coefficient (Wildman–Crippen LogP) is -0.0754. The van der Waals surface area contributed by atoms with Gasteiger partial charge < -0.3 is 20.9 Å². The predicted molar refractivity (Wildman–Crippen MR) is 49.9 cm³/mol. The number of ether oxygens (including phenoxy) is 1. The van der Waals surface area contributed by atoms with Crippen LogP contribution in [0.2, 0.25) is 0 Å². The number of rotatable bonds is 6. The Bertz CT molecular complexity index is 196. The summed E-state index contributed by atoms with van der Waals surface area (Å²) in [5, 5.41) is 10.5. The number of carbonyl (C=O) groups excluding carboxylic acids is 1. The summed E-state index contributed by atoms with van der Waals surface area (Å²) in [5.74, 6) is -0.565. The zero-order chi connectivity index (χ0) is 11.0. The summed E-state index contributed by atoms with van der Waals surface area (Å²) in [4.78, 5) is 21.4. The van der Waals surface area contributed by atoms with Gasteiger partial charge in [-0.15, -0.1) is 0 Å². The highest BCUT2D eigenvalue weighted by Gasteiger charge is 2.20. The van der Waals surface area contributed by atoms with Gasteiger partial charge in [0.2, 0.25) is 0 Å². The Hall–Kier alpha value is -1.30. The molecule has 4 N–H and O–H groups in total. The van der Waals surface area contributed by atoms with Gasteiger partial charge in [0, 0.05) is 0 Å². The van der Waals surface area contributed by atoms with E-state index in [1.165, 1.54) is 7.11 Å². The average molecular weight is 204 g/mol. The van der Waals surface area contributed by atoms with E-state index >= 15 is 0 Å². The molecule has 14 heavy (non-hydrogen) atoms. The number of unbranched alkanes of at least 4 members (excludes halogenated alkanes) is 1. The van der Waals surface area contributed by atoms with Gasteiger partial charge in [-0.05, 0) is 25.8 Å². The van der Waals surface area contributed by atoms with Crippen molar-refractivity contribution in [3.05, 3.63) is 0 Å². The van der Waals surface area contributed by atoms with Crippen molar-refractivity contribution in [1.82, 2.24) is 5.32 Å². The minimum absolute atomic E-state index is 0.413. The Morgan fingerprint density at radius 2 is 2.14 bits per heavy atom. The Morgan fingerprint density at radius 1 is 1.50 bits per heavy atom. The third-order valence-electron chi connectivity index (χ3n) is 1.73. The number of carbonyl (C=O) groups is 2. The van der Waals surface area contributed by atoms with Gasteiger partial charge in [-0.2, -0.15) is 0 Å². The summed E-state index contributed by atoms with van der Waals surface area (Å²) in [7, 11) is 1.22. The van der Waals surface area contributed by atoms with Gasteiger partial charge in [0.05, 0.1) is 7.11 Å². The number of amides is 1. The average Bonchev–Trinajstić information content (AvgIpc) is 2.15. The molecule has 0 heterocycles. The minimum Gasteiger partial charge on any atom is -0.467 e. The van der Waals surface area contributed by atoms with E-state index < -0.39 is 18.1 Å². The van der Waals surface area contributed by atoms with Gasteiger partial charge in [-0.25, -0.2) is 9.59 Å². The van der Waals surface area contributed by atoms with E-state index in [9.17, 15) is 9.59 Å². The lowest BCUT2D eigenvalue weighted by Gasteiger charge is -2.13. The van der Waals surface area contributed by atoms with Crippen LogP contribution in [0.4, 0.5) is 4.79 Å². The van der Waals surface area contributed by atoms with E-state index in [1.54, 1.807) is 0 Å². The standard InChI is InChI=1S/C8H16N2O4/c1-14-7(11)6(10-8(12)13)4-2-3-5-9/h6,10H,2-5,9H2,1H3,(H,12,13)/t6-/m0/s1. The van der Waals surface area contributed by atoms with Crippen molar-refractivity contribution in [3.63, 3.8) is 0 Å². The quantitative estimate of drug-likeness (QED) is 0.415. The van der Waals surface area contributed by atoms with Crippen LogP contribution < -0.4 is 11.1 Å². The first kappa shape index (κ1) is 12.7. The van der Waals surface area contributed by atoms with E-state index in [4.69, 9.17) is 10.8 Å². The maximum atomic E-state index is 11.1. The first-order chi connectivity index (χ1) is 6.61. The first-order valence-corrected chi connectivity index (χ1v) is 4.39. The van der Waals surface area contributed by atoms with Gasteiger partial charge in [-0.3, -0.25) is 0 Å². The van der Waals surface area contributed by atoms with E-state index in [-0.39, 0.29) is 0 Å². The molecule has 0 aromatic heterocycles. The molecule has 0 unspecified atom stereocenters. The lowest BCUT2D eigenvalue weighted by molar-refractivity contribution is -0.143. The molecule has 6 heteroatoms. The Kier molecular flexibility index (Phi) is 6.47. The summed E-state index contributed by atoms with van der Waals surface area (Å²) in [5.41, 5.74) is 5.27. The normalized spacial score (nSPS) is 11.9. The summed E-state index contributed by atoms with van der Waals surface area (Å²) >= 11 is 0. The Morgan fingerprint density at radius 3 is 2.57 bits per heavy atom. The molecule has 0 spiro atoms. The Labute approximate surface area is 82.4 Å². The van der Waals surface area contributed by atoms with Crippen molar-refractivity contribution in [2.24, 2.45) is 5.73 Å². The molecular formula is C8H16N2O4. The number of hydrogen-bond acceptors (Lipinski definition) is 4. The topological polar surface area (TPSA) is 102 Å². The molecule has 0 aliphatic rings. The van der Waals surface area contributed by atoms with E-state index in [1.807, 2.05) is 0 Å². The molecule has 82 valence electrons. The number of nitrogens with two attached hydrogens (primary N) is 1. The Balaban J connectivity index is 3.97. The third kappa shape index (κ3) is 5.36. The molecule has 0 fully saturated rings. The smallest absolute Gasteiger partial charge is 0.405 e. The molecule has 0 aliphatic carbocycles. The van der Waals surface area contributed by atoms with Crippen LogP contribution in [0.3, 0.4) is 0 Å². The van der Waals surface area contributed by atoms with Gasteiger partial charge in [0.1, 0.15) is 6.04 Å². The SMILES string of the molecule is COC(=O)[C@H](CCCCN)NC(=O)O. The van der Waals surface area contributed by atoms with Crippen LogP contribution in [0.25, 0.3) is 0 Å². The van der Waals surface area contributed by atoms with Crippen LogP contribution in [0, 0.1) is 0 Å². The highest BCUT2D eigenvalue weighted by molar-refractivity contribution is 5.80. The van der Waals surface area contributed by atoms with E-state index in [0.717, 1.165) is 6.42 Å². The monoisotopic (exact) mass is 204 g/mol. The third-order valence-corrected chi connectivity index (χ3v) is 1.73. The molecule has 0 saturated carbocycles. The maximum Gasteiger partial charge on any atom is 0.405 e. The summed E-state index contributed by atoms with van der Waals surface area (Å²) < 4.78 is 4.45. The number of methoxy groups -OCH3 is 1. The number of esters is 1. The summed E-state index contributed by atoms with van der Waals surface area (Å²) in [6.45, 7) is 0.529. The number of carboxylic acid groups (broad SMARTS) is 1. The van der Waals surface area contributed by atoms with Crippen LogP contribution in [0.5, 0.6) is 0 Å². The molecule has 0 rings (SSSR count). The maximum absolute atomic E-state index is 11.1. The summed E-state index contributed by atoms with van der Waals surface area (Å²) in [6, 6.07) is -0.788. The van der Waals surface area contributed by atoms with E-state index in [0.29, 0.717) is 19.4 Å². The van der Waals surface area contributed by atoms with Crippen molar-refractivity contribution < 1.29 is 19.4 Å². The fourth-order valence-electron chi connectivity index (χ4n) is 1.03. The highest BCUT2D eigenvalue weighted by atomic mass is 16.5. The van der Waals surface area contributed by atoms with Gasteiger partial charge in [0.15, 0.2) is 0 Å². The van der Waals surface area contributed by atoms with Crippen molar-refractivity contribution in [1.29, 1.82) is 0 Å². The van der Waals surface area contributed by atoms with Gasteiger partial charge in [0.25, 0.3) is 0 Å². The van der Waals surface area contributed by atoms with Crippen LogP contribution in [-0.2, 0) is 9.53 Å². The zero-order valence-corrected chi connectivity index (χ0v) is 8.16. The van der Waals surface area contributed by atoms with Crippen molar-refractivity contribution in [2.75, 3.05) is 13.7 Å². The van der Waals surface area contributed by atoms with Crippen LogP contribution in [0.15, 0.2) is 0 Å². The van der Waals surface area contributed by atoms with Gasteiger partial charge >= 0.3 is 12.1 Å².